The molecule has 16 heavy (non-hydrogen) atoms. The molecule has 0 aromatic heterocycles. The Bertz CT molecular complexity index is 483. The Kier molecular flexibility index (Phi) is 2.90. The van der Waals surface area contributed by atoms with Gasteiger partial charge in [0, 0.05) is 12.6 Å². The number of benzene rings is 1. The van der Waals surface area contributed by atoms with Gasteiger partial charge in [0.05, 0.1) is 11.4 Å². The Labute approximate surface area is 96.1 Å². The fourth-order valence-corrected chi connectivity index (χ4v) is 3.45. The van der Waals surface area contributed by atoms with E-state index in [4.69, 9.17) is 5.73 Å². The van der Waals surface area contributed by atoms with Crippen LogP contribution in [-0.4, -0.2) is 20.7 Å². The summed E-state index contributed by atoms with van der Waals surface area (Å²) in [5, 5.41) is 0. The number of anilines is 1. The van der Waals surface area contributed by atoms with Gasteiger partial charge in [0.2, 0.25) is 10.0 Å². The molecule has 0 saturated carbocycles. The van der Waals surface area contributed by atoms with Gasteiger partial charge in [0.15, 0.2) is 0 Å². The summed E-state index contributed by atoms with van der Waals surface area (Å²) in [5.41, 5.74) is 7.47. The average molecular weight is 240 g/mol. The molecule has 1 atom stereocenters. The number of sulfonamides is 1. The maximum absolute atomic E-state index is 11.7. The molecule has 1 saturated heterocycles. The molecule has 0 bridgehead atoms. The summed E-state index contributed by atoms with van der Waals surface area (Å²) in [5.74, 6) is 0.245. The van der Waals surface area contributed by atoms with Crippen LogP contribution in [0.3, 0.4) is 0 Å². The molecule has 1 aromatic rings. The highest BCUT2D eigenvalue weighted by Gasteiger charge is 2.28. The molecular weight excluding hydrogens is 224 g/mol. The lowest BCUT2D eigenvalue weighted by Gasteiger charge is -2.18. The molecule has 0 unspecified atom stereocenters. The molecule has 1 fully saturated rings. The van der Waals surface area contributed by atoms with Crippen LogP contribution in [0.5, 0.6) is 0 Å². The highest BCUT2D eigenvalue weighted by atomic mass is 32.2. The van der Waals surface area contributed by atoms with Crippen LogP contribution in [-0.2, 0) is 10.0 Å². The van der Waals surface area contributed by atoms with Gasteiger partial charge < -0.3 is 5.73 Å². The lowest BCUT2D eigenvalue weighted by atomic mass is 10.1. The van der Waals surface area contributed by atoms with Crippen LogP contribution in [0.4, 0.5) is 5.69 Å². The number of nitrogens with zero attached hydrogens (tertiary/aromatic N) is 1. The smallest absolute Gasteiger partial charge is 0.235 e. The van der Waals surface area contributed by atoms with Gasteiger partial charge in [0.1, 0.15) is 0 Å². The molecule has 1 heterocycles. The summed E-state index contributed by atoms with van der Waals surface area (Å²) >= 11 is 0. The van der Waals surface area contributed by atoms with Gasteiger partial charge >= 0.3 is 0 Å². The quantitative estimate of drug-likeness (QED) is 0.846. The molecule has 2 rings (SSSR count). The second-order valence-corrected chi connectivity index (χ2v) is 6.14. The van der Waals surface area contributed by atoms with E-state index in [0.717, 1.165) is 11.3 Å². The standard InChI is InChI=1S/C11H16N2O2S/c1-9(12)10-4-2-5-11(8-10)13-6-3-7-16(13,14)15/h2,4-5,8-9H,3,6-7,12H2,1H3/t9-/m1/s1. The zero-order chi connectivity index (χ0) is 11.8. The van der Waals surface area contributed by atoms with E-state index in [9.17, 15) is 8.42 Å². The molecule has 0 amide bonds. The molecule has 88 valence electrons. The van der Waals surface area contributed by atoms with Crippen molar-refractivity contribution in [2.75, 3.05) is 16.6 Å². The minimum atomic E-state index is -3.09. The van der Waals surface area contributed by atoms with Crippen LogP contribution in [0.15, 0.2) is 24.3 Å². The number of hydrogen-bond acceptors (Lipinski definition) is 3. The molecule has 2 N–H and O–H groups in total. The maximum Gasteiger partial charge on any atom is 0.235 e. The molecule has 0 aliphatic carbocycles. The Balaban J connectivity index is 2.38. The third-order valence-corrected chi connectivity index (χ3v) is 4.65. The number of nitrogens with two attached hydrogens (primary N) is 1. The van der Waals surface area contributed by atoms with Crippen molar-refractivity contribution >= 4 is 15.7 Å². The van der Waals surface area contributed by atoms with Gasteiger partial charge in [-0.25, -0.2) is 8.42 Å². The monoisotopic (exact) mass is 240 g/mol. The average Bonchev–Trinajstić information content (AvgIpc) is 2.58. The first-order chi connectivity index (χ1) is 7.50. The zero-order valence-electron chi connectivity index (χ0n) is 9.26. The SMILES string of the molecule is C[C@@H](N)c1cccc(N2CCCS2(=O)=O)c1. The van der Waals surface area contributed by atoms with Crippen LogP contribution in [0.2, 0.25) is 0 Å². The first-order valence-corrected chi connectivity index (χ1v) is 6.97. The molecular formula is C11H16N2O2S. The topological polar surface area (TPSA) is 63.4 Å². The third kappa shape index (κ3) is 2.05. The Morgan fingerprint density at radius 1 is 1.44 bits per heavy atom. The predicted molar refractivity (Wildman–Crippen MR) is 64.8 cm³/mol. The predicted octanol–water partition coefficient (Wildman–Crippen LogP) is 1.25. The van der Waals surface area contributed by atoms with Crippen molar-refractivity contribution in [3.8, 4) is 0 Å². The Morgan fingerprint density at radius 3 is 2.75 bits per heavy atom. The minimum absolute atomic E-state index is 0.0785. The number of rotatable bonds is 2. The second-order valence-electron chi connectivity index (χ2n) is 4.13. The van der Waals surface area contributed by atoms with Crippen molar-refractivity contribution in [1.29, 1.82) is 0 Å². The molecule has 1 aromatic carbocycles. The van der Waals surface area contributed by atoms with Gasteiger partial charge in [-0.1, -0.05) is 12.1 Å². The van der Waals surface area contributed by atoms with E-state index < -0.39 is 10.0 Å². The van der Waals surface area contributed by atoms with Gasteiger partial charge in [0.25, 0.3) is 0 Å². The summed E-state index contributed by atoms with van der Waals surface area (Å²) in [6.07, 6.45) is 0.699. The van der Waals surface area contributed by atoms with E-state index >= 15 is 0 Å². The van der Waals surface area contributed by atoms with Gasteiger partial charge in [-0.2, -0.15) is 0 Å². The van der Waals surface area contributed by atoms with Crippen molar-refractivity contribution < 1.29 is 8.42 Å². The van der Waals surface area contributed by atoms with Crippen LogP contribution < -0.4 is 10.0 Å². The number of hydrogen-bond donors (Lipinski definition) is 1. The van der Waals surface area contributed by atoms with E-state index in [-0.39, 0.29) is 11.8 Å². The van der Waals surface area contributed by atoms with Crippen molar-refractivity contribution in [1.82, 2.24) is 0 Å². The van der Waals surface area contributed by atoms with Crippen LogP contribution in [0.1, 0.15) is 24.9 Å². The molecule has 0 spiro atoms. The Morgan fingerprint density at radius 2 is 2.19 bits per heavy atom. The molecule has 5 heteroatoms. The molecule has 4 nitrogen and oxygen atoms in total. The molecule has 1 aliphatic rings. The highest BCUT2D eigenvalue weighted by Crippen LogP contribution is 2.25. The van der Waals surface area contributed by atoms with E-state index in [1.807, 2.05) is 31.2 Å². The second kappa shape index (κ2) is 4.07. The lowest BCUT2D eigenvalue weighted by Crippen LogP contribution is -2.25. The van der Waals surface area contributed by atoms with E-state index in [2.05, 4.69) is 0 Å². The van der Waals surface area contributed by atoms with E-state index in [1.165, 1.54) is 4.31 Å². The van der Waals surface area contributed by atoms with Crippen molar-refractivity contribution in [2.45, 2.75) is 19.4 Å². The zero-order valence-corrected chi connectivity index (χ0v) is 10.1. The van der Waals surface area contributed by atoms with Crippen molar-refractivity contribution in [3.05, 3.63) is 29.8 Å². The van der Waals surface area contributed by atoms with Crippen LogP contribution >= 0.6 is 0 Å². The summed E-state index contributed by atoms with van der Waals surface area (Å²) in [4.78, 5) is 0. The van der Waals surface area contributed by atoms with E-state index in [0.29, 0.717) is 13.0 Å². The van der Waals surface area contributed by atoms with E-state index in [1.54, 1.807) is 0 Å². The summed E-state index contributed by atoms with van der Waals surface area (Å²) in [7, 11) is -3.09. The van der Waals surface area contributed by atoms with Crippen LogP contribution in [0.25, 0.3) is 0 Å². The molecule has 1 aliphatic heterocycles. The Hall–Kier alpha value is -1.07. The normalized spacial score (nSPS) is 21.0. The highest BCUT2D eigenvalue weighted by molar-refractivity contribution is 7.93. The largest absolute Gasteiger partial charge is 0.324 e. The van der Waals surface area contributed by atoms with Crippen molar-refractivity contribution in [2.24, 2.45) is 5.73 Å². The fourth-order valence-electron chi connectivity index (χ4n) is 1.89. The summed E-state index contributed by atoms with van der Waals surface area (Å²) < 4.78 is 24.9. The summed E-state index contributed by atoms with van der Waals surface area (Å²) in [6.45, 7) is 2.46. The lowest BCUT2D eigenvalue weighted by molar-refractivity contribution is 0.599. The minimum Gasteiger partial charge on any atom is -0.324 e. The van der Waals surface area contributed by atoms with Gasteiger partial charge in [-0.3, -0.25) is 4.31 Å². The third-order valence-electron chi connectivity index (χ3n) is 2.78. The summed E-state index contributed by atoms with van der Waals surface area (Å²) in [6, 6.07) is 7.35. The fraction of sp³-hybridized carbons (Fsp3) is 0.455. The molecule has 0 radical (unpaired) electrons. The van der Waals surface area contributed by atoms with Gasteiger partial charge in [-0.15, -0.1) is 0 Å². The first kappa shape index (κ1) is 11.4. The van der Waals surface area contributed by atoms with Crippen LogP contribution in [0, 0.1) is 0 Å². The van der Waals surface area contributed by atoms with Gasteiger partial charge in [-0.05, 0) is 31.0 Å². The maximum atomic E-state index is 11.7. The first-order valence-electron chi connectivity index (χ1n) is 5.37. The van der Waals surface area contributed by atoms with Crippen molar-refractivity contribution in [3.63, 3.8) is 0 Å².